The maximum Gasteiger partial charge on any atom is 0.258 e. The molecule has 5 nitrogen and oxygen atoms in total. The van der Waals surface area contributed by atoms with Crippen molar-refractivity contribution in [2.45, 2.75) is 19.4 Å². The molecule has 96 valence electrons. The number of halogens is 1. The lowest BCUT2D eigenvalue weighted by Gasteiger charge is -2.03. The van der Waals surface area contributed by atoms with Crippen molar-refractivity contribution in [3.63, 3.8) is 0 Å². The normalized spacial score (nSPS) is 12.6. The summed E-state index contributed by atoms with van der Waals surface area (Å²) in [7, 11) is 1.64. The van der Waals surface area contributed by atoms with Gasteiger partial charge in [0.1, 0.15) is 5.75 Å². The number of phenols is 1. The van der Waals surface area contributed by atoms with Gasteiger partial charge in [-0.15, -0.1) is 0 Å². The minimum atomic E-state index is 0.0359. The Kier molecular flexibility index (Phi) is 3.98. The van der Waals surface area contributed by atoms with Crippen molar-refractivity contribution in [1.29, 1.82) is 0 Å². The summed E-state index contributed by atoms with van der Waals surface area (Å²) in [6.07, 6.45) is 0.622. The summed E-state index contributed by atoms with van der Waals surface area (Å²) in [5.41, 5.74) is 0.680. The second-order valence-electron chi connectivity index (χ2n) is 3.93. The van der Waals surface area contributed by atoms with E-state index in [4.69, 9.17) is 9.26 Å². The second kappa shape index (κ2) is 5.49. The van der Waals surface area contributed by atoms with Gasteiger partial charge in [0.05, 0.1) is 10.6 Å². The molecular weight excluding hydrogens is 300 g/mol. The van der Waals surface area contributed by atoms with Gasteiger partial charge in [0.25, 0.3) is 5.89 Å². The minimum Gasteiger partial charge on any atom is -0.507 e. The van der Waals surface area contributed by atoms with E-state index in [1.807, 2.05) is 6.92 Å². The first-order chi connectivity index (χ1) is 8.60. The number of aromatic nitrogens is 2. The first-order valence-corrected chi connectivity index (χ1v) is 6.23. The average Bonchev–Trinajstić information content (AvgIpc) is 2.81. The molecule has 6 heteroatoms. The van der Waals surface area contributed by atoms with E-state index in [9.17, 15) is 5.11 Å². The van der Waals surface area contributed by atoms with Gasteiger partial charge in [0.2, 0.25) is 0 Å². The molecule has 1 aromatic heterocycles. The van der Waals surface area contributed by atoms with Crippen LogP contribution in [0.15, 0.2) is 27.2 Å². The first kappa shape index (κ1) is 13.0. The maximum absolute atomic E-state index is 9.59. The molecule has 0 aliphatic heterocycles. The molecule has 1 heterocycles. The number of methoxy groups -OCH3 is 1. The Morgan fingerprint density at radius 2 is 2.28 bits per heavy atom. The molecule has 1 atom stereocenters. The summed E-state index contributed by atoms with van der Waals surface area (Å²) in [5, 5.41) is 13.5. The molecule has 2 rings (SSSR count). The lowest BCUT2D eigenvalue weighted by Crippen LogP contribution is -2.09. The lowest BCUT2D eigenvalue weighted by atomic mass is 10.2. The SMILES string of the molecule is COC(C)Cc1noc(-c2ccc(Br)c(O)c2)n1. The Bertz CT molecular complexity index is 542. The fourth-order valence-electron chi connectivity index (χ4n) is 1.44. The third-order valence-electron chi connectivity index (χ3n) is 2.53. The van der Waals surface area contributed by atoms with E-state index in [-0.39, 0.29) is 11.9 Å². The molecule has 18 heavy (non-hydrogen) atoms. The Balaban J connectivity index is 2.21. The van der Waals surface area contributed by atoms with E-state index in [1.54, 1.807) is 25.3 Å². The van der Waals surface area contributed by atoms with Gasteiger partial charge in [-0.05, 0) is 41.1 Å². The first-order valence-electron chi connectivity index (χ1n) is 5.44. The number of hydrogen-bond acceptors (Lipinski definition) is 5. The quantitative estimate of drug-likeness (QED) is 0.940. The van der Waals surface area contributed by atoms with E-state index < -0.39 is 0 Å². The predicted octanol–water partition coefficient (Wildman–Crippen LogP) is 2.78. The number of ether oxygens (including phenoxy) is 1. The van der Waals surface area contributed by atoms with Crippen molar-refractivity contribution >= 4 is 15.9 Å². The van der Waals surface area contributed by atoms with Gasteiger partial charge in [-0.3, -0.25) is 0 Å². The number of hydrogen-bond donors (Lipinski definition) is 1. The van der Waals surface area contributed by atoms with Gasteiger partial charge in [-0.2, -0.15) is 4.98 Å². The van der Waals surface area contributed by atoms with Crippen LogP contribution < -0.4 is 0 Å². The van der Waals surface area contributed by atoms with Crippen LogP contribution in [0.1, 0.15) is 12.7 Å². The number of aromatic hydroxyl groups is 1. The molecule has 0 aliphatic carbocycles. The van der Waals surface area contributed by atoms with Gasteiger partial charge in [-0.25, -0.2) is 0 Å². The summed E-state index contributed by atoms with van der Waals surface area (Å²) in [5.74, 6) is 1.11. The monoisotopic (exact) mass is 312 g/mol. The number of rotatable bonds is 4. The fourth-order valence-corrected chi connectivity index (χ4v) is 1.69. The molecular formula is C12H13BrN2O3. The van der Waals surface area contributed by atoms with Gasteiger partial charge in [-0.1, -0.05) is 5.16 Å². The molecule has 0 saturated heterocycles. The molecule has 0 radical (unpaired) electrons. The number of phenolic OH excluding ortho intramolecular Hbond substituents is 1. The predicted molar refractivity (Wildman–Crippen MR) is 69.3 cm³/mol. The fraction of sp³-hybridized carbons (Fsp3) is 0.333. The number of benzene rings is 1. The van der Waals surface area contributed by atoms with Crippen LogP contribution in [0.5, 0.6) is 5.75 Å². The lowest BCUT2D eigenvalue weighted by molar-refractivity contribution is 0.116. The molecule has 0 aliphatic rings. The third kappa shape index (κ3) is 2.88. The Morgan fingerprint density at radius 3 is 2.94 bits per heavy atom. The standard InChI is InChI=1S/C12H13BrN2O3/c1-7(17-2)5-11-14-12(18-15-11)8-3-4-9(13)10(16)6-8/h3-4,6-7,16H,5H2,1-2H3. The molecule has 1 N–H and O–H groups in total. The Hall–Kier alpha value is -1.40. The summed E-state index contributed by atoms with van der Waals surface area (Å²) < 4.78 is 10.9. The Labute approximate surface area is 113 Å². The van der Waals surface area contributed by atoms with Crippen molar-refractivity contribution in [2.24, 2.45) is 0 Å². The van der Waals surface area contributed by atoms with Crippen LogP contribution in [-0.2, 0) is 11.2 Å². The summed E-state index contributed by atoms with van der Waals surface area (Å²) in [6, 6.07) is 5.09. The molecule has 1 aromatic carbocycles. The molecule has 0 saturated carbocycles. The van der Waals surface area contributed by atoms with Crippen LogP contribution >= 0.6 is 15.9 Å². The third-order valence-corrected chi connectivity index (χ3v) is 3.20. The van der Waals surface area contributed by atoms with Crippen LogP contribution in [0.2, 0.25) is 0 Å². The summed E-state index contributed by atoms with van der Waals surface area (Å²) in [4.78, 5) is 4.26. The highest BCUT2D eigenvalue weighted by Gasteiger charge is 2.12. The van der Waals surface area contributed by atoms with Crippen molar-refractivity contribution in [2.75, 3.05) is 7.11 Å². The minimum absolute atomic E-state index is 0.0359. The van der Waals surface area contributed by atoms with Crippen LogP contribution in [0.25, 0.3) is 11.5 Å². The highest BCUT2D eigenvalue weighted by atomic mass is 79.9. The smallest absolute Gasteiger partial charge is 0.258 e. The average molecular weight is 313 g/mol. The maximum atomic E-state index is 9.59. The van der Waals surface area contributed by atoms with Crippen molar-refractivity contribution in [3.8, 4) is 17.2 Å². The van der Waals surface area contributed by atoms with E-state index in [0.717, 1.165) is 0 Å². The molecule has 2 aromatic rings. The summed E-state index contributed by atoms with van der Waals surface area (Å²) >= 11 is 3.22. The molecule has 0 bridgehead atoms. The van der Waals surface area contributed by atoms with Gasteiger partial charge < -0.3 is 14.4 Å². The van der Waals surface area contributed by atoms with Crippen molar-refractivity contribution in [3.05, 3.63) is 28.5 Å². The largest absolute Gasteiger partial charge is 0.507 e. The van der Waals surface area contributed by atoms with Gasteiger partial charge >= 0.3 is 0 Å². The molecule has 0 fully saturated rings. The molecule has 0 amide bonds. The van der Waals surface area contributed by atoms with E-state index in [0.29, 0.717) is 28.2 Å². The van der Waals surface area contributed by atoms with Crippen LogP contribution in [0.4, 0.5) is 0 Å². The van der Waals surface area contributed by atoms with Crippen LogP contribution in [0, 0.1) is 0 Å². The second-order valence-corrected chi connectivity index (χ2v) is 4.79. The highest BCUT2D eigenvalue weighted by molar-refractivity contribution is 9.10. The van der Waals surface area contributed by atoms with Crippen LogP contribution in [0.3, 0.4) is 0 Å². The molecule has 1 unspecified atom stereocenters. The van der Waals surface area contributed by atoms with E-state index in [1.165, 1.54) is 0 Å². The van der Waals surface area contributed by atoms with Gasteiger partial charge in [0.15, 0.2) is 5.82 Å². The Morgan fingerprint density at radius 1 is 1.50 bits per heavy atom. The van der Waals surface area contributed by atoms with Crippen LogP contribution in [-0.4, -0.2) is 28.5 Å². The van der Waals surface area contributed by atoms with Crippen molar-refractivity contribution in [1.82, 2.24) is 10.1 Å². The van der Waals surface area contributed by atoms with Gasteiger partial charge in [0, 0.05) is 19.1 Å². The highest BCUT2D eigenvalue weighted by Crippen LogP contribution is 2.29. The van der Waals surface area contributed by atoms with E-state index in [2.05, 4.69) is 26.1 Å². The zero-order chi connectivity index (χ0) is 13.1. The zero-order valence-corrected chi connectivity index (χ0v) is 11.6. The zero-order valence-electron chi connectivity index (χ0n) is 10.1. The number of nitrogens with zero attached hydrogens (tertiary/aromatic N) is 2. The van der Waals surface area contributed by atoms with E-state index >= 15 is 0 Å². The molecule has 0 spiro atoms. The topological polar surface area (TPSA) is 68.4 Å². The summed E-state index contributed by atoms with van der Waals surface area (Å²) in [6.45, 7) is 1.93. The van der Waals surface area contributed by atoms with Crippen molar-refractivity contribution < 1.29 is 14.4 Å².